The number of carbonyl (C=O) groups excluding carboxylic acids is 2. The summed E-state index contributed by atoms with van der Waals surface area (Å²) < 4.78 is 11.5. The predicted octanol–water partition coefficient (Wildman–Crippen LogP) is 4.57. The van der Waals surface area contributed by atoms with Crippen LogP contribution in [0.15, 0.2) is 30.3 Å². The van der Waals surface area contributed by atoms with Crippen molar-refractivity contribution >= 4 is 29.4 Å². The van der Waals surface area contributed by atoms with E-state index in [-0.39, 0.29) is 35.9 Å². The van der Waals surface area contributed by atoms with Crippen LogP contribution in [-0.2, 0) is 4.74 Å². The largest absolute Gasteiger partial charge is 0.490 e. The molecule has 0 unspecified atom stereocenters. The number of nitriles is 1. The summed E-state index contributed by atoms with van der Waals surface area (Å²) in [6, 6.07) is 10.6. The minimum atomic E-state index is -0.538. The highest BCUT2D eigenvalue weighted by atomic mass is 35.5. The zero-order valence-electron chi connectivity index (χ0n) is 22.8. The number of halogens is 1. The summed E-state index contributed by atoms with van der Waals surface area (Å²) in [6.07, 6.45) is 2.87. The summed E-state index contributed by atoms with van der Waals surface area (Å²) in [4.78, 5) is 29.1. The van der Waals surface area contributed by atoms with Crippen molar-refractivity contribution in [2.45, 2.75) is 77.2 Å². The van der Waals surface area contributed by atoms with Crippen molar-refractivity contribution in [3.8, 4) is 11.8 Å². The molecule has 11 heteroatoms. The Labute approximate surface area is 234 Å². The van der Waals surface area contributed by atoms with Crippen molar-refractivity contribution in [2.75, 3.05) is 24.5 Å². The van der Waals surface area contributed by atoms with Crippen LogP contribution in [0.3, 0.4) is 0 Å². The molecule has 1 saturated carbocycles. The van der Waals surface area contributed by atoms with Crippen LogP contribution < -0.4 is 15.0 Å². The molecule has 2 aliphatic rings. The van der Waals surface area contributed by atoms with Crippen molar-refractivity contribution in [3.63, 3.8) is 0 Å². The maximum Gasteiger partial charge on any atom is 0.410 e. The van der Waals surface area contributed by atoms with Crippen molar-refractivity contribution in [2.24, 2.45) is 0 Å². The number of amides is 2. The lowest BCUT2D eigenvalue weighted by Crippen LogP contribution is -2.55. The predicted molar refractivity (Wildman–Crippen MR) is 147 cm³/mol. The molecule has 2 fully saturated rings. The van der Waals surface area contributed by atoms with E-state index in [4.69, 9.17) is 26.3 Å². The fourth-order valence-electron chi connectivity index (χ4n) is 4.81. The number of hydrogen-bond acceptors (Lipinski definition) is 8. The highest BCUT2D eigenvalue weighted by Gasteiger charge is 2.31. The lowest BCUT2D eigenvalue weighted by atomic mass is 9.93. The monoisotopic (exact) mass is 554 g/mol. The molecule has 1 N–H and O–H groups in total. The molecule has 0 bridgehead atoms. The standard InChI is InChI=1S/C28H35ClN6O4/c1-18-17-34(13-14-35(18)27(37)39-28(2,3)4)25-12-11-24(32-33-25)26(36)31-20-6-9-21(10-7-20)38-22-8-5-19(16-30)23(29)15-22/h5,8,11-12,15,18,20-21H,6-7,9-10,13-14,17H2,1-4H3,(H,31,36)/t18-,20?,21?/m1/s1. The number of nitrogens with zero attached hydrogens (tertiary/aromatic N) is 5. The van der Waals surface area contributed by atoms with Gasteiger partial charge in [0.05, 0.1) is 16.7 Å². The highest BCUT2D eigenvalue weighted by molar-refractivity contribution is 6.31. The first-order chi connectivity index (χ1) is 18.5. The molecule has 10 nitrogen and oxygen atoms in total. The summed E-state index contributed by atoms with van der Waals surface area (Å²) >= 11 is 6.10. The van der Waals surface area contributed by atoms with E-state index < -0.39 is 5.60 Å². The Morgan fingerprint density at radius 2 is 1.85 bits per heavy atom. The summed E-state index contributed by atoms with van der Waals surface area (Å²) in [6.45, 7) is 9.26. The fourth-order valence-corrected chi connectivity index (χ4v) is 5.02. The Kier molecular flexibility index (Phi) is 8.80. The third-order valence-corrected chi connectivity index (χ3v) is 7.15. The van der Waals surface area contributed by atoms with E-state index in [2.05, 4.69) is 20.4 Å². The molecule has 0 spiro atoms. The van der Waals surface area contributed by atoms with Crippen molar-refractivity contribution in [1.82, 2.24) is 20.4 Å². The van der Waals surface area contributed by atoms with Gasteiger partial charge < -0.3 is 24.6 Å². The Hall–Kier alpha value is -3.58. The fraction of sp³-hybridized carbons (Fsp3) is 0.536. The van der Waals surface area contributed by atoms with Crippen molar-refractivity contribution in [1.29, 1.82) is 5.26 Å². The Morgan fingerprint density at radius 3 is 2.44 bits per heavy atom. The van der Waals surface area contributed by atoms with Gasteiger partial charge in [0.1, 0.15) is 17.4 Å². The summed E-state index contributed by atoms with van der Waals surface area (Å²) in [7, 11) is 0. The lowest BCUT2D eigenvalue weighted by Gasteiger charge is -2.40. The van der Waals surface area contributed by atoms with Gasteiger partial charge in [0.2, 0.25) is 0 Å². The SMILES string of the molecule is C[C@@H]1CN(c2ccc(C(=O)NC3CCC(Oc4ccc(C#N)c(Cl)c4)CC3)nn2)CCN1C(=O)OC(C)(C)C. The van der Waals surface area contributed by atoms with E-state index in [9.17, 15) is 9.59 Å². The summed E-state index contributed by atoms with van der Waals surface area (Å²) in [5, 5.41) is 20.9. The number of carbonyl (C=O) groups is 2. The molecule has 1 aromatic heterocycles. The topological polar surface area (TPSA) is 121 Å². The van der Waals surface area contributed by atoms with Crippen LogP contribution >= 0.6 is 11.6 Å². The minimum absolute atomic E-state index is 0.0272. The second kappa shape index (κ2) is 12.1. The molecule has 208 valence electrons. The van der Waals surface area contributed by atoms with Gasteiger partial charge in [0, 0.05) is 37.8 Å². The number of aromatic nitrogens is 2. The third kappa shape index (κ3) is 7.51. The van der Waals surface area contributed by atoms with Gasteiger partial charge in [-0.15, -0.1) is 10.2 Å². The number of ether oxygens (including phenoxy) is 2. The molecule has 4 rings (SSSR count). The van der Waals surface area contributed by atoms with Crippen LogP contribution in [0.4, 0.5) is 10.6 Å². The van der Waals surface area contributed by atoms with E-state index in [1.807, 2.05) is 33.8 Å². The van der Waals surface area contributed by atoms with Gasteiger partial charge in [0.15, 0.2) is 11.5 Å². The number of anilines is 1. The lowest BCUT2D eigenvalue weighted by molar-refractivity contribution is 0.0158. The minimum Gasteiger partial charge on any atom is -0.490 e. The van der Waals surface area contributed by atoms with Gasteiger partial charge >= 0.3 is 6.09 Å². The van der Waals surface area contributed by atoms with Crippen LogP contribution in [-0.4, -0.2) is 70.5 Å². The van der Waals surface area contributed by atoms with E-state index >= 15 is 0 Å². The number of nitrogens with one attached hydrogen (secondary N) is 1. The molecule has 2 aromatic rings. The maximum atomic E-state index is 12.8. The van der Waals surface area contributed by atoms with Crippen LogP contribution in [0.2, 0.25) is 5.02 Å². The van der Waals surface area contributed by atoms with Gasteiger partial charge in [-0.3, -0.25) is 4.79 Å². The average Bonchev–Trinajstić information content (AvgIpc) is 2.89. The summed E-state index contributed by atoms with van der Waals surface area (Å²) in [5.41, 5.74) is 0.149. The van der Waals surface area contributed by atoms with Crippen molar-refractivity contribution in [3.05, 3.63) is 46.6 Å². The van der Waals surface area contributed by atoms with Crippen molar-refractivity contribution < 1.29 is 19.1 Å². The number of benzene rings is 1. The molecule has 2 heterocycles. The van der Waals surface area contributed by atoms with Crippen LogP contribution in [0.5, 0.6) is 5.75 Å². The van der Waals surface area contributed by atoms with Gasteiger partial charge in [-0.2, -0.15) is 5.26 Å². The van der Waals surface area contributed by atoms with E-state index in [1.54, 1.807) is 35.2 Å². The molecule has 1 aromatic carbocycles. The molecule has 1 aliphatic carbocycles. The molecular weight excluding hydrogens is 520 g/mol. The number of hydrogen-bond donors (Lipinski definition) is 1. The van der Waals surface area contributed by atoms with Crippen LogP contribution in [0.25, 0.3) is 0 Å². The molecule has 1 atom stereocenters. The zero-order valence-corrected chi connectivity index (χ0v) is 23.6. The van der Waals surface area contributed by atoms with E-state index in [1.165, 1.54) is 0 Å². The number of rotatable bonds is 5. The first-order valence-corrected chi connectivity index (χ1v) is 13.7. The van der Waals surface area contributed by atoms with Gasteiger partial charge in [-0.05, 0) is 77.6 Å². The second-order valence-corrected chi connectivity index (χ2v) is 11.5. The van der Waals surface area contributed by atoms with E-state index in [0.717, 1.165) is 25.7 Å². The maximum absolute atomic E-state index is 12.8. The smallest absolute Gasteiger partial charge is 0.410 e. The molecular formula is C28H35ClN6O4. The Balaban J connectivity index is 1.24. The highest BCUT2D eigenvalue weighted by Crippen LogP contribution is 2.27. The second-order valence-electron chi connectivity index (χ2n) is 11.1. The quantitative estimate of drug-likeness (QED) is 0.570. The zero-order chi connectivity index (χ0) is 28.2. The van der Waals surface area contributed by atoms with E-state index in [0.29, 0.717) is 41.8 Å². The number of piperazine rings is 1. The van der Waals surface area contributed by atoms with Crippen LogP contribution in [0, 0.1) is 11.3 Å². The molecule has 1 saturated heterocycles. The normalized spacial score (nSPS) is 21.6. The first kappa shape index (κ1) is 28.4. The Bertz CT molecular complexity index is 1220. The van der Waals surface area contributed by atoms with Crippen LogP contribution in [0.1, 0.15) is 69.4 Å². The molecule has 1 aliphatic heterocycles. The van der Waals surface area contributed by atoms with Gasteiger partial charge in [-0.25, -0.2) is 4.79 Å². The van der Waals surface area contributed by atoms with Gasteiger partial charge in [-0.1, -0.05) is 11.6 Å². The average molecular weight is 555 g/mol. The molecule has 39 heavy (non-hydrogen) atoms. The summed E-state index contributed by atoms with van der Waals surface area (Å²) in [5.74, 6) is 1.06. The first-order valence-electron chi connectivity index (χ1n) is 13.3. The molecule has 0 radical (unpaired) electrons. The van der Waals surface area contributed by atoms with Gasteiger partial charge in [0.25, 0.3) is 5.91 Å². The molecule has 2 amide bonds. The Morgan fingerprint density at radius 1 is 1.10 bits per heavy atom. The third-order valence-electron chi connectivity index (χ3n) is 6.84.